The molecule has 10 rings (SSSR count). The average molecular weight is 627 g/mol. The lowest BCUT2D eigenvalue weighted by Crippen LogP contribution is -2.16. The van der Waals surface area contributed by atoms with Crippen LogP contribution >= 0.6 is 0 Å². The van der Waals surface area contributed by atoms with Crippen LogP contribution < -0.4 is 5.32 Å². The molecule has 8 aromatic rings. The highest BCUT2D eigenvalue weighted by Gasteiger charge is 2.39. The van der Waals surface area contributed by atoms with Crippen LogP contribution in [0.3, 0.4) is 0 Å². The minimum Gasteiger partial charge on any atom is -0.381 e. The van der Waals surface area contributed by atoms with Crippen molar-refractivity contribution in [1.29, 1.82) is 0 Å². The standard InChI is InChI=1S/C47H34N2/c1-47(2)40-19-8-7-17-39(40)46-44(47)42(43-34-14-4-3-11-29(34)24-27-41(43)49-46)31-22-20-30(21-23-31)33-25-26-37(36-16-6-5-15-35(33)36)38-18-9-12-32-13-10-28-48-45(32)38/h3-27,48H,28H2,1-2H3. The van der Waals surface area contributed by atoms with E-state index >= 15 is 0 Å². The molecule has 0 atom stereocenters. The Bertz CT molecular complexity index is 2680. The first kappa shape index (κ1) is 28.1. The first-order valence-corrected chi connectivity index (χ1v) is 17.2. The lowest BCUT2D eigenvalue weighted by atomic mass is 9.78. The summed E-state index contributed by atoms with van der Waals surface area (Å²) in [5, 5.41) is 9.86. The van der Waals surface area contributed by atoms with Gasteiger partial charge in [-0.15, -0.1) is 0 Å². The molecule has 1 aromatic heterocycles. The van der Waals surface area contributed by atoms with Crippen LogP contribution in [0.2, 0.25) is 0 Å². The number of aromatic nitrogens is 1. The fourth-order valence-corrected chi connectivity index (χ4v) is 8.58. The van der Waals surface area contributed by atoms with E-state index in [1.54, 1.807) is 0 Å². The summed E-state index contributed by atoms with van der Waals surface area (Å²) in [5.74, 6) is 0. The summed E-state index contributed by atoms with van der Waals surface area (Å²) in [6.07, 6.45) is 4.40. The number of anilines is 1. The summed E-state index contributed by atoms with van der Waals surface area (Å²) in [6.45, 7) is 5.57. The lowest BCUT2D eigenvalue weighted by Gasteiger charge is -2.26. The number of hydrogen-bond acceptors (Lipinski definition) is 2. The monoisotopic (exact) mass is 626 g/mol. The lowest BCUT2D eigenvalue weighted by molar-refractivity contribution is 0.662. The second-order valence-corrected chi connectivity index (χ2v) is 13.9. The maximum Gasteiger partial charge on any atom is 0.0759 e. The molecule has 49 heavy (non-hydrogen) atoms. The van der Waals surface area contributed by atoms with Crippen LogP contribution in [0.25, 0.3) is 83.2 Å². The topological polar surface area (TPSA) is 24.9 Å². The van der Waals surface area contributed by atoms with Gasteiger partial charge in [0.25, 0.3) is 0 Å². The van der Waals surface area contributed by atoms with Crippen molar-refractivity contribution in [3.63, 3.8) is 0 Å². The van der Waals surface area contributed by atoms with E-state index in [0.717, 1.165) is 17.8 Å². The van der Waals surface area contributed by atoms with Gasteiger partial charge in [-0.25, -0.2) is 4.98 Å². The molecule has 0 saturated heterocycles. The van der Waals surface area contributed by atoms with Crippen LogP contribution in [-0.2, 0) is 5.41 Å². The van der Waals surface area contributed by atoms with Crippen LogP contribution in [0.15, 0.2) is 146 Å². The number of hydrogen-bond donors (Lipinski definition) is 1. The van der Waals surface area contributed by atoms with Gasteiger partial charge in [-0.3, -0.25) is 0 Å². The molecule has 0 saturated carbocycles. The van der Waals surface area contributed by atoms with Crippen LogP contribution in [0.5, 0.6) is 0 Å². The van der Waals surface area contributed by atoms with Gasteiger partial charge in [-0.2, -0.15) is 0 Å². The maximum absolute atomic E-state index is 5.38. The number of benzene rings is 7. The van der Waals surface area contributed by atoms with Crippen molar-refractivity contribution in [2.45, 2.75) is 19.3 Å². The maximum atomic E-state index is 5.38. The minimum atomic E-state index is -0.189. The molecule has 1 aliphatic heterocycles. The Morgan fingerprint density at radius 1 is 0.571 bits per heavy atom. The van der Waals surface area contributed by atoms with Crippen molar-refractivity contribution in [3.8, 4) is 44.6 Å². The number of nitrogens with one attached hydrogen (secondary N) is 1. The van der Waals surface area contributed by atoms with Gasteiger partial charge in [0.05, 0.1) is 11.2 Å². The van der Waals surface area contributed by atoms with Gasteiger partial charge in [0.15, 0.2) is 0 Å². The van der Waals surface area contributed by atoms with Crippen LogP contribution in [0.1, 0.15) is 30.5 Å². The van der Waals surface area contributed by atoms with E-state index < -0.39 is 0 Å². The predicted octanol–water partition coefficient (Wildman–Crippen LogP) is 12.3. The van der Waals surface area contributed by atoms with Gasteiger partial charge in [0.2, 0.25) is 0 Å². The third-order valence-corrected chi connectivity index (χ3v) is 10.8. The summed E-state index contributed by atoms with van der Waals surface area (Å²) in [7, 11) is 0. The molecule has 2 heteroatoms. The largest absolute Gasteiger partial charge is 0.381 e. The summed E-state index contributed by atoms with van der Waals surface area (Å²) in [5.41, 5.74) is 15.8. The van der Waals surface area contributed by atoms with Crippen molar-refractivity contribution in [1.82, 2.24) is 4.98 Å². The first-order valence-electron chi connectivity index (χ1n) is 17.2. The highest BCUT2D eigenvalue weighted by atomic mass is 14.9. The Kier molecular flexibility index (Phi) is 6.02. The van der Waals surface area contributed by atoms with Crippen molar-refractivity contribution >= 4 is 44.2 Å². The molecule has 2 nitrogen and oxygen atoms in total. The van der Waals surface area contributed by atoms with Crippen molar-refractivity contribution in [3.05, 3.63) is 162 Å². The summed E-state index contributed by atoms with van der Waals surface area (Å²) in [4.78, 5) is 5.38. The predicted molar refractivity (Wildman–Crippen MR) is 208 cm³/mol. The van der Waals surface area contributed by atoms with Crippen molar-refractivity contribution in [2.75, 3.05) is 11.9 Å². The zero-order valence-corrected chi connectivity index (χ0v) is 27.6. The highest BCUT2D eigenvalue weighted by molar-refractivity contribution is 6.16. The zero-order valence-electron chi connectivity index (χ0n) is 27.6. The molecule has 1 aliphatic carbocycles. The SMILES string of the molecule is CC1(C)c2ccccc2-c2nc3ccc4ccccc4c3c(-c3ccc(-c4ccc(-c5cccc6c5NCC=C6)c5ccccc45)cc3)c21. The Labute approximate surface area is 286 Å². The molecule has 0 bridgehead atoms. The summed E-state index contributed by atoms with van der Waals surface area (Å²) in [6, 6.07) is 51.3. The van der Waals surface area contributed by atoms with Gasteiger partial charge >= 0.3 is 0 Å². The molecule has 0 radical (unpaired) electrons. The summed E-state index contributed by atoms with van der Waals surface area (Å²) < 4.78 is 0. The fraction of sp³-hybridized carbons (Fsp3) is 0.0851. The van der Waals surface area contributed by atoms with E-state index in [4.69, 9.17) is 4.98 Å². The Hall–Kier alpha value is -5.99. The zero-order chi connectivity index (χ0) is 32.7. The van der Waals surface area contributed by atoms with Crippen molar-refractivity contribution in [2.24, 2.45) is 0 Å². The molecule has 7 aromatic carbocycles. The molecule has 0 amide bonds. The smallest absolute Gasteiger partial charge is 0.0759 e. The molecule has 2 aliphatic rings. The van der Waals surface area contributed by atoms with Gasteiger partial charge in [0.1, 0.15) is 0 Å². The average Bonchev–Trinajstić information content (AvgIpc) is 3.39. The molecule has 1 N–H and O–H groups in total. The third-order valence-electron chi connectivity index (χ3n) is 10.8. The Morgan fingerprint density at radius 2 is 1.27 bits per heavy atom. The number of para-hydroxylation sites is 1. The van der Waals surface area contributed by atoms with Gasteiger partial charge in [0, 0.05) is 34.2 Å². The molecule has 2 heterocycles. The van der Waals surface area contributed by atoms with E-state index in [1.165, 1.54) is 88.3 Å². The van der Waals surface area contributed by atoms with Gasteiger partial charge < -0.3 is 5.32 Å². The van der Waals surface area contributed by atoms with E-state index in [0.29, 0.717) is 0 Å². The fourth-order valence-electron chi connectivity index (χ4n) is 8.58. The number of pyridine rings is 1. The Morgan fingerprint density at radius 3 is 2.12 bits per heavy atom. The second kappa shape index (κ2) is 10.5. The van der Waals surface area contributed by atoms with Crippen molar-refractivity contribution < 1.29 is 0 Å². The van der Waals surface area contributed by atoms with E-state index in [2.05, 4.69) is 171 Å². The first-order chi connectivity index (χ1) is 24.1. The van der Waals surface area contributed by atoms with Crippen LogP contribution in [0.4, 0.5) is 5.69 Å². The molecule has 0 fully saturated rings. The van der Waals surface area contributed by atoms with Gasteiger partial charge in [-0.1, -0.05) is 159 Å². The number of rotatable bonds is 3. The quantitative estimate of drug-likeness (QED) is 0.197. The highest BCUT2D eigenvalue weighted by Crippen LogP contribution is 2.54. The Balaban J connectivity index is 1.17. The van der Waals surface area contributed by atoms with E-state index in [9.17, 15) is 0 Å². The van der Waals surface area contributed by atoms with Crippen LogP contribution in [0, 0.1) is 0 Å². The van der Waals surface area contributed by atoms with Crippen LogP contribution in [-0.4, -0.2) is 11.5 Å². The molecular weight excluding hydrogens is 593 g/mol. The second-order valence-electron chi connectivity index (χ2n) is 13.9. The number of nitrogens with zero attached hydrogens (tertiary/aromatic N) is 1. The normalized spacial score (nSPS) is 14.1. The molecule has 0 spiro atoms. The molecule has 232 valence electrons. The van der Waals surface area contributed by atoms with E-state index in [-0.39, 0.29) is 5.41 Å². The molecular formula is C47H34N2. The molecule has 0 unspecified atom stereocenters. The van der Waals surface area contributed by atoms with E-state index in [1.807, 2.05) is 0 Å². The minimum absolute atomic E-state index is 0.189. The number of fused-ring (bicyclic) bond motifs is 8. The summed E-state index contributed by atoms with van der Waals surface area (Å²) >= 11 is 0. The third kappa shape index (κ3) is 4.10. The van der Waals surface area contributed by atoms with Gasteiger partial charge in [-0.05, 0) is 72.1 Å².